The van der Waals surface area contributed by atoms with E-state index in [2.05, 4.69) is 15.1 Å². The van der Waals surface area contributed by atoms with Gasteiger partial charge in [-0.2, -0.15) is 5.26 Å². The van der Waals surface area contributed by atoms with Crippen molar-refractivity contribution in [2.24, 2.45) is 0 Å². The van der Waals surface area contributed by atoms with Gasteiger partial charge in [0.25, 0.3) is 0 Å². The molecule has 30 heavy (non-hydrogen) atoms. The number of carbonyl (C=O) groups is 1. The Labute approximate surface area is 174 Å². The van der Waals surface area contributed by atoms with Gasteiger partial charge in [0.05, 0.1) is 30.4 Å². The van der Waals surface area contributed by atoms with Crippen LogP contribution in [-0.2, 0) is 4.74 Å². The smallest absolute Gasteiger partial charge is 0.404 e. The van der Waals surface area contributed by atoms with Gasteiger partial charge in [-0.25, -0.2) is 13.6 Å². The first kappa shape index (κ1) is 22.2. The molecule has 1 amide bonds. The molecule has 2 heterocycles. The molecule has 2 N–H and O–H groups in total. The number of carboxylic acid groups (broad SMARTS) is 1. The van der Waals surface area contributed by atoms with Crippen molar-refractivity contribution in [3.63, 3.8) is 0 Å². The molecule has 0 saturated carbocycles. The van der Waals surface area contributed by atoms with Crippen LogP contribution in [0, 0.1) is 23.0 Å². The van der Waals surface area contributed by atoms with E-state index in [0.29, 0.717) is 13.0 Å². The summed E-state index contributed by atoms with van der Waals surface area (Å²) in [5, 5.41) is 19.7. The SMILES string of the molecule is N#Cc1cc(F)c(OCCCN2CC3CN(CCCNC(=O)O)CC(C2)O3)c(F)c1. The summed E-state index contributed by atoms with van der Waals surface area (Å²) in [6.45, 7) is 5.34. The lowest BCUT2D eigenvalue weighted by Gasteiger charge is -2.46. The lowest BCUT2D eigenvalue weighted by Crippen LogP contribution is -2.59. The van der Waals surface area contributed by atoms with E-state index in [1.54, 1.807) is 6.07 Å². The second kappa shape index (κ2) is 10.5. The molecule has 164 valence electrons. The number of ether oxygens (including phenoxy) is 2. The summed E-state index contributed by atoms with van der Waals surface area (Å²) in [7, 11) is 0. The van der Waals surface area contributed by atoms with E-state index in [0.717, 1.165) is 57.8 Å². The van der Waals surface area contributed by atoms with Gasteiger partial charge in [-0.3, -0.25) is 9.80 Å². The highest BCUT2D eigenvalue weighted by Crippen LogP contribution is 2.23. The van der Waals surface area contributed by atoms with Gasteiger partial charge in [0.15, 0.2) is 17.4 Å². The third-order valence-corrected chi connectivity index (χ3v) is 5.15. The maximum Gasteiger partial charge on any atom is 0.404 e. The van der Waals surface area contributed by atoms with Gasteiger partial charge in [0.1, 0.15) is 0 Å². The van der Waals surface area contributed by atoms with Gasteiger partial charge in [0, 0.05) is 45.8 Å². The molecule has 2 saturated heterocycles. The molecule has 0 aliphatic carbocycles. The summed E-state index contributed by atoms with van der Waals surface area (Å²) in [5.41, 5.74) is -0.0793. The van der Waals surface area contributed by atoms with Gasteiger partial charge in [-0.05, 0) is 25.0 Å². The van der Waals surface area contributed by atoms with Crippen LogP contribution in [0.2, 0.25) is 0 Å². The van der Waals surface area contributed by atoms with Crippen LogP contribution in [0.3, 0.4) is 0 Å². The average molecular weight is 424 g/mol. The molecule has 0 spiro atoms. The highest BCUT2D eigenvalue weighted by Gasteiger charge is 2.34. The van der Waals surface area contributed by atoms with Crippen molar-refractivity contribution in [1.29, 1.82) is 5.26 Å². The van der Waals surface area contributed by atoms with E-state index in [1.807, 2.05) is 0 Å². The summed E-state index contributed by atoms with van der Waals surface area (Å²) in [5.74, 6) is -2.18. The zero-order valence-corrected chi connectivity index (χ0v) is 16.6. The van der Waals surface area contributed by atoms with Crippen LogP contribution < -0.4 is 10.1 Å². The Morgan fingerprint density at radius 2 is 1.73 bits per heavy atom. The molecule has 10 heteroatoms. The molecule has 3 rings (SSSR count). The lowest BCUT2D eigenvalue weighted by molar-refractivity contribution is -0.138. The molecular weight excluding hydrogens is 398 g/mol. The lowest BCUT2D eigenvalue weighted by atomic mass is 10.1. The molecule has 2 atom stereocenters. The fraction of sp³-hybridized carbons (Fsp3) is 0.600. The predicted molar refractivity (Wildman–Crippen MR) is 103 cm³/mol. The minimum absolute atomic E-state index is 0.0793. The molecule has 1 aromatic rings. The molecule has 2 unspecified atom stereocenters. The van der Waals surface area contributed by atoms with Crippen LogP contribution in [0.5, 0.6) is 5.75 Å². The number of nitrogens with one attached hydrogen (secondary N) is 1. The normalized spacial score (nSPS) is 21.8. The number of nitriles is 1. The Kier molecular flexibility index (Phi) is 7.79. The van der Waals surface area contributed by atoms with E-state index in [4.69, 9.17) is 19.8 Å². The van der Waals surface area contributed by atoms with Crippen LogP contribution >= 0.6 is 0 Å². The van der Waals surface area contributed by atoms with E-state index in [9.17, 15) is 13.6 Å². The van der Waals surface area contributed by atoms with Crippen molar-refractivity contribution in [2.75, 3.05) is 52.4 Å². The third kappa shape index (κ3) is 6.26. The molecule has 2 aliphatic rings. The maximum absolute atomic E-state index is 13.8. The van der Waals surface area contributed by atoms with Crippen molar-refractivity contribution >= 4 is 6.09 Å². The summed E-state index contributed by atoms with van der Waals surface area (Å²) in [4.78, 5) is 15.1. The molecule has 2 aliphatic heterocycles. The Balaban J connectivity index is 1.37. The molecule has 2 bridgehead atoms. The third-order valence-electron chi connectivity index (χ3n) is 5.15. The number of rotatable bonds is 9. The van der Waals surface area contributed by atoms with E-state index < -0.39 is 23.5 Å². The van der Waals surface area contributed by atoms with E-state index in [1.165, 1.54) is 0 Å². The van der Waals surface area contributed by atoms with Crippen LogP contribution in [-0.4, -0.2) is 85.6 Å². The van der Waals surface area contributed by atoms with Crippen molar-refractivity contribution in [3.8, 4) is 11.8 Å². The van der Waals surface area contributed by atoms with Crippen LogP contribution in [0.15, 0.2) is 12.1 Å². The molecule has 0 radical (unpaired) electrons. The van der Waals surface area contributed by atoms with Crippen LogP contribution in [0.1, 0.15) is 18.4 Å². The standard InChI is InChI=1S/C20H26F2N4O4/c21-17-7-14(9-23)8-18(22)19(17)29-6-2-5-26-12-15-10-25(11-16(13-26)30-15)4-1-3-24-20(27)28/h7-8,15-16,24H,1-6,10-13H2,(H,27,28). The number of halogens is 2. The second-order valence-corrected chi connectivity index (χ2v) is 7.57. The quantitative estimate of drug-likeness (QED) is 0.582. The monoisotopic (exact) mass is 424 g/mol. The molecular formula is C20H26F2N4O4. The molecule has 2 fully saturated rings. The summed E-state index contributed by atoms with van der Waals surface area (Å²) in [6, 6.07) is 3.63. The number of hydrogen-bond acceptors (Lipinski definition) is 6. The van der Waals surface area contributed by atoms with Gasteiger partial charge in [0.2, 0.25) is 0 Å². The van der Waals surface area contributed by atoms with Crippen molar-refractivity contribution in [2.45, 2.75) is 25.0 Å². The second-order valence-electron chi connectivity index (χ2n) is 7.57. The highest BCUT2D eigenvalue weighted by atomic mass is 19.1. The van der Waals surface area contributed by atoms with Crippen molar-refractivity contribution < 1.29 is 28.2 Å². The number of morpholine rings is 2. The summed E-state index contributed by atoms with van der Waals surface area (Å²) >= 11 is 0. The van der Waals surface area contributed by atoms with E-state index >= 15 is 0 Å². The van der Waals surface area contributed by atoms with Crippen LogP contribution in [0.25, 0.3) is 0 Å². The van der Waals surface area contributed by atoms with Gasteiger partial charge in [-0.1, -0.05) is 0 Å². The average Bonchev–Trinajstić information content (AvgIpc) is 2.69. The first-order valence-electron chi connectivity index (χ1n) is 10.0. The van der Waals surface area contributed by atoms with Gasteiger partial charge >= 0.3 is 6.09 Å². The fourth-order valence-corrected chi connectivity index (χ4v) is 3.95. The largest absolute Gasteiger partial charge is 0.488 e. The van der Waals surface area contributed by atoms with Crippen LogP contribution in [0.4, 0.5) is 13.6 Å². The highest BCUT2D eigenvalue weighted by molar-refractivity contribution is 5.64. The summed E-state index contributed by atoms with van der Waals surface area (Å²) < 4.78 is 39.0. The van der Waals surface area contributed by atoms with Crippen molar-refractivity contribution in [3.05, 3.63) is 29.3 Å². The minimum atomic E-state index is -1.00. The molecule has 1 aromatic carbocycles. The fourth-order valence-electron chi connectivity index (χ4n) is 3.95. The molecule has 8 nitrogen and oxygen atoms in total. The van der Waals surface area contributed by atoms with Crippen molar-refractivity contribution in [1.82, 2.24) is 15.1 Å². The Bertz CT molecular complexity index is 752. The maximum atomic E-state index is 13.8. The van der Waals surface area contributed by atoms with Gasteiger partial charge in [-0.15, -0.1) is 0 Å². The topological polar surface area (TPSA) is 98.1 Å². The first-order valence-corrected chi connectivity index (χ1v) is 10.0. The Hall–Kier alpha value is -2.48. The minimum Gasteiger partial charge on any atom is -0.488 e. The number of hydrogen-bond donors (Lipinski definition) is 2. The van der Waals surface area contributed by atoms with E-state index in [-0.39, 0.29) is 24.4 Å². The Morgan fingerprint density at radius 3 is 2.27 bits per heavy atom. The first-order chi connectivity index (χ1) is 14.4. The molecule has 0 aromatic heterocycles. The Morgan fingerprint density at radius 1 is 1.17 bits per heavy atom. The zero-order chi connectivity index (χ0) is 21.5. The zero-order valence-electron chi connectivity index (χ0n) is 16.6. The number of benzene rings is 1. The number of amides is 1. The van der Waals surface area contributed by atoms with Gasteiger partial charge < -0.3 is 19.9 Å². The predicted octanol–water partition coefficient (Wildman–Crippen LogP) is 1.65. The number of nitrogens with zero attached hydrogens (tertiary/aromatic N) is 3. The number of fused-ring (bicyclic) bond motifs is 2. The summed E-state index contributed by atoms with van der Waals surface area (Å²) in [6.07, 6.45) is 0.565.